The van der Waals surface area contributed by atoms with Gasteiger partial charge in [-0.2, -0.15) is 0 Å². The Balaban J connectivity index is 0.000000200. The van der Waals surface area contributed by atoms with Crippen molar-refractivity contribution in [3.8, 4) is 0 Å². The quantitative estimate of drug-likeness (QED) is 0.842. The average molecular weight is 277 g/mol. The van der Waals surface area contributed by atoms with Crippen molar-refractivity contribution < 1.29 is 9.59 Å². The van der Waals surface area contributed by atoms with E-state index in [-0.39, 0.29) is 11.7 Å². The third kappa shape index (κ3) is 5.72. The molecule has 1 saturated heterocycles. The molecule has 3 heteroatoms. The molecule has 0 aromatic carbocycles. The number of hydrogen-bond donors (Lipinski definition) is 1. The Hall–Kier alpha value is -1.38. The molecule has 1 heterocycles. The summed E-state index contributed by atoms with van der Waals surface area (Å²) >= 11 is 0. The Bertz CT molecular complexity index is 405. The van der Waals surface area contributed by atoms with Gasteiger partial charge in [-0.15, -0.1) is 0 Å². The molecule has 0 aromatic rings. The molecule has 1 aliphatic carbocycles. The van der Waals surface area contributed by atoms with Gasteiger partial charge in [0, 0.05) is 19.4 Å². The van der Waals surface area contributed by atoms with Crippen LogP contribution in [0.3, 0.4) is 0 Å². The molecule has 0 radical (unpaired) electrons. The molecule has 0 spiro atoms. The van der Waals surface area contributed by atoms with Gasteiger partial charge in [0.15, 0.2) is 5.78 Å². The SMILES string of the molecule is CC(C)C1=CC(=O)CC=C1.CC(C)C1CCNC(=O)C1. The minimum atomic E-state index is 0.227. The maximum atomic E-state index is 10.9. The van der Waals surface area contributed by atoms with Crippen LogP contribution < -0.4 is 5.32 Å². The Kier molecular flexibility index (Phi) is 6.69. The summed E-state index contributed by atoms with van der Waals surface area (Å²) in [6.07, 6.45) is 8.17. The molecule has 1 fully saturated rings. The van der Waals surface area contributed by atoms with E-state index in [9.17, 15) is 9.59 Å². The van der Waals surface area contributed by atoms with Crippen LogP contribution in [0.1, 0.15) is 47.0 Å². The van der Waals surface area contributed by atoms with Crippen LogP contribution in [0, 0.1) is 17.8 Å². The third-order valence-electron chi connectivity index (χ3n) is 3.85. The summed E-state index contributed by atoms with van der Waals surface area (Å²) in [7, 11) is 0. The van der Waals surface area contributed by atoms with Crippen LogP contribution in [0.25, 0.3) is 0 Å². The zero-order valence-electron chi connectivity index (χ0n) is 13.1. The van der Waals surface area contributed by atoms with Crippen LogP contribution in [0.4, 0.5) is 0 Å². The largest absolute Gasteiger partial charge is 0.356 e. The normalized spacial score (nSPS) is 22.3. The summed E-state index contributed by atoms with van der Waals surface area (Å²) in [6, 6.07) is 0. The van der Waals surface area contributed by atoms with E-state index in [0.717, 1.165) is 25.0 Å². The molecule has 0 aromatic heterocycles. The lowest BCUT2D eigenvalue weighted by atomic mass is 9.87. The number of nitrogens with one attached hydrogen (secondary N) is 1. The summed E-state index contributed by atoms with van der Waals surface area (Å²) in [5, 5.41) is 2.83. The zero-order valence-corrected chi connectivity index (χ0v) is 13.1. The molecule has 0 saturated carbocycles. The number of hydrogen-bond acceptors (Lipinski definition) is 2. The molecule has 1 aliphatic heterocycles. The van der Waals surface area contributed by atoms with Gasteiger partial charge < -0.3 is 5.32 Å². The highest BCUT2D eigenvalue weighted by atomic mass is 16.1. The van der Waals surface area contributed by atoms with Crippen LogP contribution in [0.2, 0.25) is 0 Å². The van der Waals surface area contributed by atoms with Crippen molar-refractivity contribution in [3.63, 3.8) is 0 Å². The van der Waals surface area contributed by atoms with E-state index in [1.807, 2.05) is 12.2 Å². The van der Waals surface area contributed by atoms with Gasteiger partial charge in [0.25, 0.3) is 0 Å². The van der Waals surface area contributed by atoms with E-state index in [1.54, 1.807) is 6.08 Å². The van der Waals surface area contributed by atoms with E-state index in [1.165, 1.54) is 0 Å². The van der Waals surface area contributed by atoms with Gasteiger partial charge in [0.1, 0.15) is 0 Å². The summed E-state index contributed by atoms with van der Waals surface area (Å²) < 4.78 is 0. The zero-order chi connectivity index (χ0) is 15.1. The number of ketones is 1. The smallest absolute Gasteiger partial charge is 0.220 e. The highest BCUT2D eigenvalue weighted by molar-refractivity contribution is 5.93. The van der Waals surface area contributed by atoms with Crippen molar-refractivity contribution >= 4 is 11.7 Å². The number of amides is 1. The average Bonchev–Trinajstić information content (AvgIpc) is 2.39. The van der Waals surface area contributed by atoms with Crippen LogP contribution in [0.5, 0.6) is 0 Å². The Morgan fingerprint density at radius 3 is 2.30 bits per heavy atom. The van der Waals surface area contributed by atoms with Crippen LogP contribution in [0.15, 0.2) is 23.8 Å². The van der Waals surface area contributed by atoms with Gasteiger partial charge in [0.2, 0.25) is 5.91 Å². The molecule has 2 aliphatic rings. The second-order valence-electron chi connectivity index (χ2n) is 6.22. The third-order valence-corrected chi connectivity index (χ3v) is 3.85. The number of rotatable bonds is 2. The van der Waals surface area contributed by atoms with E-state index in [2.05, 4.69) is 33.0 Å². The summed E-state index contributed by atoms with van der Waals surface area (Å²) in [5.74, 6) is 2.21. The van der Waals surface area contributed by atoms with Crippen LogP contribution in [-0.2, 0) is 9.59 Å². The number of carbonyl (C=O) groups is 2. The van der Waals surface area contributed by atoms with Gasteiger partial charge in [-0.05, 0) is 35.8 Å². The molecular formula is C17H27NO2. The predicted octanol–water partition coefficient (Wildman–Crippen LogP) is 3.27. The molecule has 0 bridgehead atoms. The van der Waals surface area contributed by atoms with Crippen molar-refractivity contribution in [1.82, 2.24) is 5.32 Å². The van der Waals surface area contributed by atoms with Crippen LogP contribution in [-0.4, -0.2) is 18.2 Å². The first-order valence-electron chi connectivity index (χ1n) is 7.57. The molecule has 1 amide bonds. The van der Waals surface area contributed by atoms with Crippen molar-refractivity contribution in [2.75, 3.05) is 6.54 Å². The minimum Gasteiger partial charge on any atom is -0.356 e. The fraction of sp³-hybridized carbons (Fsp3) is 0.647. The fourth-order valence-corrected chi connectivity index (χ4v) is 2.34. The lowest BCUT2D eigenvalue weighted by molar-refractivity contribution is -0.124. The minimum absolute atomic E-state index is 0.227. The second-order valence-corrected chi connectivity index (χ2v) is 6.22. The van der Waals surface area contributed by atoms with Crippen molar-refractivity contribution in [2.24, 2.45) is 17.8 Å². The van der Waals surface area contributed by atoms with E-state index in [4.69, 9.17) is 0 Å². The molecule has 1 unspecified atom stereocenters. The molecule has 1 atom stereocenters. The van der Waals surface area contributed by atoms with E-state index >= 15 is 0 Å². The van der Waals surface area contributed by atoms with E-state index < -0.39 is 0 Å². The fourth-order valence-electron chi connectivity index (χ4n) is 2.34. The predicted molar refractivity (Wildman–Crippen MR) is 82.3 cm³/mol. The molecular weight excluding hydrogens is 250 g/mol. The van der Waals surface area contributed by atoms with Crippen molar-refractivity contribution in [3.05, 3.63) is 23.8 Å². The first kappa shape index (κ1) is 16.7. The molecule has 112 valence electrons. The van der Waals surface area contributed by atoms with Gasteiger partial charge >= 0.3 is 0 Å². The maximum absolute atomic E-state index is 10.9. The monoisotopic (exact) mass is 277 g/mol. The second kappa shape index (κ2) is 8.03. The Labute approximate surface area is 122 Å². The highest BCUT2D eigenvalue weighted by Gasteiger charge is 2.20. The Morgan fingerprint density at radius 1 is 1.20 bits per heavy atom. The van der Waals surface area contributed by atoms with Crippen molar-refractivity contribution in [2.45, 2.75) is 47.0 Å². The van der Waals surface area contributed by atoms with Crippen molar-refractivity contribution in [1.29, 1.82) is 0 Å². The summed E-state index contributed by atoms with van der Waals surface area (Å²) in [5.41, 5.74) is 1.15. The highest BCUT2D eigenvalue weighted by Crippen LogP contribution is 2.21. The topological polar surface area (TPSA) is 46.2 Å². The number of piperidine rings is 1. The molecule has 1 N–H and O–H groups in total. The maximum Gasteiger partial charge on any atom is 0.220 e. The van der Waals surface area contributed by atoms with Gasteiger partial charge in [-0.3, -0.25) is 9.59 Å². The standard InChI is InChI=1S/C9H12O.C8H15NO/c1-7(2)8-4-3-5-9(10)6-8;1-6(2)7-3-4-9-8(10)5-7/h3-4,6-7H,5H2,1-2H3;6-7H,3-5H2,1-2H3,(H,9,10). The summed E-state index contributed by atoms with van der Waals surface area (Å²) in [6.45, 7) is 9.43. The lowest BCUT2D eigenvalue weighted by Gasteiger charge is -2.24. The van der Waals surface area contributed by atoms with Gasteiger partial charge in [-0.1, -0.05) is 39.8 Å². The lowest BCUT2D eigenvalue weighted by Crippen LogP contribution is -2.35. The number of carbonyl (C=O) groups excluding carboxylic acids is 2. The molecule has 2 rings (SSSR count). The Morgan fingerprint density at radius 2 is 1.90 bits per heavy atom. The number of allylic oxidation sites excluding steroid dienone is 4. The molecule has 3 nitrogen and oxygen atoms in total. The van der Waals surface area contributed by atoms with Crippen LogP contribution >= 0.6 is 0 Å². The first-order chi connectivity index (χ1) is 9.40. The van der Waals surface area contributed by atoms with Gasteiger partial charge in [-0.25, -0.2) is 0 Å². The first-order valence-corrected chi connectivity index (χ1v) is 7.57. The van der Waals surface area contributed by atoms with E-state index in [0.29, 0.717) is 24.2 Å². The van der Waals surface area contributed by atoms with Gasteiger partial charge in [0.05, 0.1) is 0 Å². The molecule has 20 heavy (non-hydrogen) atoms. The summed E-state index contributed by atoms with van der Waals surface area (Å²) in [4.78, 5) is 21.7.